The normalized spacial score (nSPS) is 14.7. The van der Waals surface area contributed by atoms with Crippen LogP contribution in [-0.2, 0) is 17.6 Å². The zero-order valence-corrected chi connectivity index (χ0v) is 22.0. The topological polar surface area (TPSA) is 134 Å². The number of rotatable bonds is 4. The molecule has 200 valence electrons. The summed E-state index contributed by atoms with van der Waals surface area (Å²) in [5, 5.41) is 10.00. The number of amides is 1. The SMILES string of the molecule is O=C(CC1CN(c2nc3cccnc3o2)C1)Nc1ccc2cc1CCc1cncc(c1)Nc1ncc(Cl)c(n1)N2. The molecule has 0 saturated carbocycles. The van der Waals surface area contributed by atoms with Crippen LogP contribution in [0.2, 0.25) is 5.02 Å². The van der Waals surface area contributed by atoms with Crippen LogP contribution in [0.3, 0.4) is 0 Å². The number of carbonyl (C=O) groups is 1. The van der Waals surface area contributed by atoms with Gasteiger partial charge in [0.25, 0.3) is 6.01 Å². The molecule has 0 unspecified atom stereocenters. The van der Waals surface area contributed by atoms with E-state index in [1.54, 1.807) is 18.6 Å². The summed E-state index contributed by atoms with van der Waals surface area (Å²) in [5.74, 6) is 1.08. The quantitative estimate of drug-likeness (QED) is 0.275. The van der Waals surface area contributed by atoms with Crippen LogP contribution in [-0.4, -0.2) is 43.9 Å². The maximum Gasteiger partial charge on any atom is 0.299 e. The first kappa shape index (κ1) is 24.3. The second-order valence-electron chi connectivity index (χ2n) is 9.94. The maximum atomic E-state index is 13.1. The van der Waals surface area contributed by atoms with Crippen LogP contribution < -0.4 is 20.9 Å². The van der Waals surface area contributed by atoms with Crippen molar-refractivity contribution < 1.29 is 9.21 Å². The van der Waals surface area contributed by atoms with Gasteiger partial charge in [0.1, 0.15) is 10.5 Å². The summed E-state index contributed by atoms with van der Waals surface area (Å²) in [6.45, 7) is 1.41. The Hall–Kier alpha value is -4.77. The highest BCUT2D eigenvalue weighted by atomic mass is 35.5. The summed E-state index contributed by atoms with van der Waals surface area (Å²) >= 11 is 6.37. The number of aromatic nitrogens is 5. The number of aryl methyl sites for hydroxylation is 2. The Morgan fingerprint density at radius 3 is 2.88 bits per heavy atom. The number of pyridine rings is 2. The number of hydrogen-bond donors (Lipinski definition) is 3. The Morgan fingerprint density at radius 1 is 1.05 bits per heavy atom. The minimum atomic E-state index is -0.0277. The van der Waals surface area contributed by atoms with Crippen molar-refractivity contribution in [3.05, 3.63) is 77.3 Å². The lowest BCUT2D eigenvalue weighted by Crippen LogP contribution is -2.48. The zero-order valence-electron chi connectivity index (χ0n) is 21.3. The van der Waals surface area contributed by atoms with Gasteiger partial charge in [0.05, 0.1) is 18.1 Å². The predicted octanol–water partition coefficient (Wildman–Crippen LogP) is 5.11. The molecule has 5 aromatic rings. The fraction of sp³-hybridized carbons (Fsp3) is 0.214. The lowest BCUT2D eigenvalue weighted by molar-refractivity contribution is -0.117. The summed E-state index contributed by atoms with van der Waals surface area (Å²) in [6.07, 6.45) is 8.65. The van der Waals surface area contributed by atoms with E-state index in [0.29, 0.717) is 54.4 Å². The van der Waals surface area contributed by atoms with Crippen LogP contribution in [0.1, 0.15) is 17.5 Å². The van der Waals surface area contributed by atoms with Crippen LogP contribution in [0, 0.1) is 5.92 Å². The molecule has 7 rings (SSSR count). The standard InChI is InChI=1S/C28H24ClN9O2/c29-21-13-32-27-34-20-8-16(11-30-12-20)3-4-18-10-19(33-25(21)37-27)5-6-22(18)35-24(39)9-17-14-38(15-17)28-36-23-2-1-7-31-26(23)40-28/h1-2,5-8,10-13,17H,3-4,9,14-15H2,(H,35,39)(H2,32,33,34,37). The largest absolute Gasteiger partial charge is 0.404 e. The van der Waals surface area contributed by atoms with Crippen molar-refractivity contribution in [2.24, 2.45) is 5.92 Å². The molecule has 0 aliphatic carbocycles. The zero-order chi connectivity index (χ0) is 27.1. The third-order valence-corrected chi connectivity index (χ3v) is 7.25. The average molecular weight is 554 g/mol. The number of halogens is 1. The second-order valence-corrected chi connectivity index (χ2v) is 10.3. The van der Waals surface area contributed by atoms with Gasteiger partial charge in [-0.1, -0.05) is 11.6 Å². The van der Waals surface area contributed by atoms with Crippen molar-refractivity contribution in [1.82, 2.24) is 24.9 Å². The summed E-state index contributed by atoms with van der Waals surface area (Å²) in [6, 6.07) is 12.1. The molecule has 1 saturated heterocycles. The van der Waals surface area contributed by atoms with Gasteiger partial charge in [-0.05, 0) is 60.4 Å². The van der Waals surface area contributed by atoms with Crippen LogP contribution in [0.4, 0.5) is 34.8 Å². The van der Waals surface area contributed by atoms with Crippen LogP contribution >= 0.6 is 11.6 Å². The van der Waals surface area contributed by atoms with Crippen molar-refractivity contribution in [2.75, 3.05) is 33.9 Å². The number of nitrogens with zero attached hydrogens (tertiary/aromatic N) is 6. The molecule has 11 nitrogen and oxygen atoms in total. The van der Waals surface area contributed by atoms with Gasteiger partial charge in [0.2, 0.25) is 17.6 Å². The Morgan fingerprint density at radius 2 is 1.98 bits per heavy atom. The third kappa shape index (κ3) is 4.98. The second kappa shape index (κ2) is 10.1. The van der Waals surface area contributed by atoms with Crippen LogP contribution in [0.15, 0.2) is 65.6 Å². The van der Waals surface area contributed by atoms with Crippen molar-refractivity contribution in [3.63, 3.8) is 0 Å². The average Bonchev–Trinajstić information content (AvgIpc) is 3.36. The molecule has 1 amide bonds. The number of anilines is 6. The van der Waals surface area contributed by atoms with Gasteiger partial charge < -0.3 is 25.3 Å². The van der Waals surface area contributed by atoms with E-state index in [2.05, 4.69) is 40.9 Å². The first-order chi connectivity index (χ1) is 19.6. The Kier molecular flexibility index (Phi) is 6.12. The lowest BCUT2D eigenvalue weighted by Gasteiger charge is -2.37. The van der Waals surface area contributed by atoms with E-state index in [-0.39, 0.29) is 11.8 Å². The predicted molar refractivity (Wildman–Crippen MR) is 152 cm³/mol. The van der Waals surface area contributed by atoms with Gasteiger partial charge in [-0.15, -0.1) is 0 Å². The lowest BCUT2D eigenvalue weighted by atomic mass is 9.96. The smallest absolute Gasteiger partial charge is 0.299 e. The van der Waals surface area contributed by atoms with Crippen molar-refractivity contribution in [3.8, 4) is 0 Å². The van der Waals surface area contributed by atoms with E-state index in [9.17, 15) is 4.79 Å². The van der Waals surface area contributed by atoms with Crippen LogP contribution in [0.25, 0.3) is 11.2 Å². The van der Waals surface area contributed by atoms with Crippen molar-refractivity contribution in [1.29, 1.82) is 0 Å². The molecule has 0 atom stereocenters. The minimum absolute atomic E-state index is 0.0277. The number of carbonyl (C=O) groups excluding carboxylic acids is 1. The Labute approximate surface area is 234 Å². The number of hydrogen-bond acceptors (Lipinski definition) is 10. The van der Waals surface area contributed by atoms with Crippen LogP contribution in [0.5, 0.6) is 0 Å². The first-order valence-corrected chi connectivity index (χ1v) is 13.3. The molecular weight excluding hydrogens is 530 g/mol. The van der Waals surface area contributed by atoms with E-state index in [0.717, 1.165) is 40.1 Å². The molecular formula is C28H24ClN9O2. The highest BCUT2D eigenvalue weighted by Gasteiger charge is 2.32. The molecule has 1 fully saturated rings. The molecule has 4 aromatic heterocycles. The van der Waals surface area contributed by atoms with Crippen molar-refractivity contribution >= 4 is 63.6 Å². The van der Waals surface area contributed by atoms with E-state index in [1.165, 1.54) is 0 Å². The Balaban J connectivity index is 1.06. The summed E-state index contributed by atoms with van der Waals surface area (Å²) in [7, 11) is 0. The van der Waals surface area contributed by atoms with Gasteiger partial charge in [0, 0.05) is 49.2 Å². The number of fused-ring (bicyclic) bond motifs is 7. The van der Waals surface area contributed by atoms with Gasteiger partial charge in [-0.2, -0.15) is 9.97 Å². The summed E-state index contributed by atoms with van der Waals surface area (Å²) < 4.78 is 5.74. The van der Waals surface area contributed by atoms with Gasteiger partial charge in [0.15, 0.2) is 5.82 Å². The fourth-order valence-corrected chi connectivity index (χ4v) is 5.10. The van der Waals surface area contributed by atoms with Crippen molar-refractivity contribution in [2.45, 2.75) is 19.3 Å². The molecule has 1 aromatic carbocycles. The number of oxazole rings is 1. The third-order valence-electron chi connectivity index (χ3n) is 6.98. The van der Waals surface area contributed by atoms with E-state index in [4.69, 9.17) is 16.0 Å². The highest BCUT2D eigenvalue weighted by Crippen LogP contribution is 2.31. The molecule has 0 spiro atoms. The van der Waals surface area contributed by atoms with Gasteiger partial charge in [-0.25, -0.2) is 9.97 Å². The van der Waals surface area contributed by atoms with E-state index < -0.39 is 0 Å². The number of benzene rings is 1. The Bertz CT molecular complexity index is 1700. The molecule has 40 heavy (non-hydrogen) atoms. The van der Waals surface area contributed by atoms with Gasteiger partial charge in [-0.3, -0.25) is 9.78 Å². The molecule has 2 aliphatic rings. The first-order valence-electron chi connectivity index (χ1n) is 13.0. The molecule has 3 N–H and O–H groups in total. The maximum absolute atomic E-state index is 13.1. The molecule has 0 radical (unpaired) electrons. The summed E-state index contributed by atoms with van der Waals surface area (Å²) in [5.41, 5.74) is 5.68. The molecule has 6 bridgehead atoms. The fourth-order valence-electron chi connectivity index (χ4n) is 4.96. The molecule has 6 heterocycles. The highest BCUT2D eigenvalue weighted by molar-refractivity contribution is 6.32. The molecule has 12 heteroatoms. The van der Waals surface area contributed by atoms with Gasteiger partial charge >= 0.3 is 0 Å². The van der Waals surface area contributed by atoms with E-state index in [1.807, 2.05) is 47.5 Å². The monoisotopic (exact) mass is 553 g/mol. The minimum Gasteiger partial charge on any atom is -0.404 e. The van der Waals surface area contributed by atoms with E-state index >= 15 is 0 Å². The molecule has 2 aliphatic heterocycles. The number of nitrogens with one attached hydrogen (secondary N) is 3. The summed E-state index contributed by atoms with van der Waals surface area (Å²) in [4.78, 5) is 36.9.